The largest absolute Gasteiger partial charge is 0.507 e. The number of benzene rings is 2. The monoisotopic (exact) mass is 441 g/mol. The summed E-state index contributed by atoms with van der Waals surface area (Å²) in [5.41, 5.74) is 0.851. The van der Waals surface area contributed by atoms with E-state index < -0.39 is 17.7 Å². The first kappa shape index (κ1) is 22.4. The molecule has 6 nitrogen and oxygen atoms in total. The van der Waals surface area contributed by atoms with Gasteiger partial charge in [0.15, 0.2) is 0 Å². The second-order valence-electron chi connectivity index (χ2n) is 7.01. The van der Waals surface area contributed by atoms with Crippen LogP contribution < -0.4 is 9.47 Å². The highest BCUT2D eigenvalue weighted by molar-refractivity contribution is 6.47. The Bertz CT molecular complexity index is 1050. The van der Waals surface area contributed by atoms with Crippen LogP contribution in [-0.2, 0) is 9.59 Å². The van der Waals surface area contributed by atoms with Gasteiger partial charge in [-0.25, -0.2) is 0 Å². The second kappa shape index (κ2) is 9.71. The normalized spacial score (nSPS) is 17.6. The van der Waals surface area contributed by atoms with E-state index in [4.69, 9.17) is 21.1 Å². The van der Waals surface area contributed by atoms with E-state index in [0.717, 1.165) is 0 Å². The van der Waals surface area contributed by atoms with Crippen molar-refractivity contribution in [2.75, 3.05) is 20.3 Å². The molecule has 2 aromatic carbocycles. The molecule has 1 atom stereocenters. The third kappa shape index (κ3) is 4.44. The van der Waals surface area contributed by atoms with E-state index in [-0.39, 0.29) is 21.9 Å². The van der Waals surface area contributed by atoms with Gasteiger partial charge in [0.2, 0.25) is 0 Å². The summed E-state index contributed by atoms with van der Waals surface area (Å²) in [6.45, 7) is 6.23. The van der Waals surface area contributed by atoms with Gasteiger partial charge >= 0.3 is 0 Å². The highest BCUT2D eigenvalue weighted by Gasteiger charge is 2.46. The van der Waals surface area contributed by atoms with Crippen LogP contribution in [0.2, 0.25) is 5.02 Å². The molecule has 0 spiro atoms. The summed E-state index contributed by atoms with van der Waals surface area (Å²) in [5, 5.41) is 11.4. The number of aliphatic hydroxyl groups is 1. The zero-order chi connectivity index (χ0) is 22.5. The average molecular weight is 442 g/mol. The molecule has 2 aromatic rings. The summed E-state index contributed by atoms with van der Waals surface area (Å²) in [7, 11) is 1.49. The van der Waals surface area contributed by atoms with Gasteiger partial charge in [-0.3, -0.25) is 9.59 Å². The Morgan fingerprint density at radius 3 is 2.68 bits per heavy atom. The average Bonchev–Trinajstić information content (AvgIpc) is 3.03. The molecular weight excluding hydrogens is 418 g/mol. The van der Waals surface area contributed by atoms with Crippen LogP contribution >= 0.6 is 11.6 Å². The lowest BCUT2D eigenvalue weighted by atomic mass is 9.95. The number of ether oxygens (including phenoxy) is 2. The fourth-order valence-electron chi connectivity index (χ4n) is 3.59. The molecule has 1 amide bonds. The van der Waals surface area contributed by atoms with Gasteiger partial charge in [0, 0.05) is 12.1 Å². The molecular formula is C24H24ClNO5. The number of nitrogens with zero attached hydrogens (tertiary/aromatic N) is 1. The molecule has 3 rings (SSSR count). The molecule has 1 heterocycles. The summed E-state index contributed by atoms with van der Waals surface area (Å²) in [5.74, 6) is -0.732. The zero-order valence-electron chi connectivity index (χ0n) is 17.4. The molecule has 162 valence electrons. The molecule has 1 fully saturated rings. The van der Waals surface area contributed by atoms with Gasteiger partial charge < -0.3 is 19.5 Å². The number of halogens is 1. The molecule has 0 aliphatic carbocycles. The van der Waals surface area contributed by atoms with E-state index in [1.807, 2.05) is 6.92 Å². The number of amides is 1. The molecule has 1 N–H and O–H groups in total. The minimum Gasteiger partial charge on any atom is -0.507 e. The van der Waals surface area contributed by atoms with Crippen molar-refractivity contribution in [3.8, 4) is 11.5 Å². The van der Waals surface area contributed by atoms with E-state index in [1.54, 1.807) is 42.5 Å². The number of carbonyl (C=O) groups is 2. The molecule has 0 radical (unpaired) electrons. The van der Waals surface area contributed by atoms with Crippen LogP contribution in [0.25, 0.3) is 5.76 Å². The van der Waals surface area contributed by atoms with Gasteiger partial charge in [0.05, 0.1) is 23.7 Å². The maximum absolute atomic E-state index is 13.0. The van der Waals surface area contributed by atoms with Crippen LogP contribution in [0, 0.1) is 0 Å². The Labute approximate surface area is 186 Å². The zero-order valence-corrected chi connectivity index (χ0v) is 18.2. The Balaban J connectivity index is 2.19. The highest BCUT2D eigenvalue weighted by Crippen LogP contribution is 2.41. The Morgan fingerprint density at radius 2 is 2.00 bits per heavy atom. The molecule has 0 bridgehead atoms. The summed E-state index contributed by atoms with van der Waals surface area (Å²) in [6.07, 6.45) is 2.27. The van der Waals surface area contributed by atoms with Crippen molar-refractivity contribution < 1.29 is 24.2 Å². The lowest BCUT2D eigenvalue weighted by Gasteiger charge is -2.25. The van der Waals surface area contributed by atoms with Gasteiger partial charge in [0.1, 0.15) is 23.9 Å². The molecule has 31 heavy (non-hydrogen) atoms. The first-order chi connectivity index (χ1) is 14.9. The molecule has 1 aliphatic rings. The van der Waals surface area contributed by atoms with E-state index in [2.05, 4.69) is 6.58 Å². The van der Waals surface area contributed by atoms with Crippen molar-refractivity contribution in [3.63, 3.8) is 0 Å². The predicted octanol–water partition coefficient (Wildman–Crippen LogP) is 4.75. The van der Waals surface area contributed by atoms with Crippen molar-refractivity contribution >= 4 is 29.1 Å². The summed E-state index contributed by atoms with van der Waals surface area (Å²) in [6, 6.07) is 11.1. The maximum Gasteiger partial charge on any atom is 0.295 e. The molecule has 1 aliphatic heterocycles. The number of rotatable bonds is 8. The minimum atomic E-state index is -0.769. The van der Waals surface area contributed by atoms with E-state index in [9.17, 15) is 14.7 Å². The van der Waals surface area contributed by atoms with Gasteiger partial charge in [-0.15, -0.1) is 0 Å². The van der Waals surface area contributed by atoms with Crippen molar-refractivity contribution in [1.82, 2.24) is 4.90 Å². The van der Waals surface area contributed by atoms with Crippen molar-refractivity contribution in [1.29, 1.82) is 0 Å². The molecule has 7 heteroatoms. The first-order valence-corrected chi connectivity index (χ1v) is 10.3. The Kier molecular flexibility index (Phi) is 7.02. The number of Topliss-reactive ketones (excluding diaryl/α,β-unsaturated/α-hetero) is 1. The third-order valence-electron chi connectivity index (χ3n) is 4.97. The standard InChI is InChI=1S/C24H24ClNO5/c1-4-11-26-21(15-7-6-8-17(13-15)31-12-5-2)20(23(28)24(26)29)22(27)18-14-16(30-3)9-10-19(18)25/h5-10,13-14,21,27H,2,4,11-12H2,1,3H3/b22-20+. The van der Waals surface area contributed by atoms with Crippen molar-refractivity contribution in [2.24, 2.45) is 0 Å². The number of hydrogen-bond donors (Lipinski definition) is 1. The van der Waals surface area contributed by atoms with Crippen LogP contribution in [-0.4, -0.2) is 42.0 Å². The van der Waals surface area contributed by atoms with Gasteiger partial charge in [-0.05, 0) is 42.3 Å². The number of likely N-dealkylation sites (tertiary alicyclic amines) is 1. The van der Waals surface area contributed by atoms with Crippen molar-refractivity contribution in [3.05, 3.63) is 76.8 Å². The first-order valence-electron chi connectivity index (χ1n) is 9.88. The Morgan fingerprint density at radius 1 is 1.23 bits per heavy atom. The quantitative estimate of drug-likeness (QED) is 0.277. The maximum atomic E-state index is 13.0. The van der Waals surface area contributed by atoms with Crippen LogP contribution in [0.4, 0.5) is 0 Å². The van der Waals surface area contributed by atoms with Crippen LogP contribution in [0.3, 0.4) is 0 Å². The lowest BCUT2D eigenvalue weighted by molar-refractivity contribution is -0.139. The smallest absolute Gasteiger partial charge is 0.295 e. The van der Waals surface area contributed by atoms with Gasteiger partial charge in [0.25, 0.3) is 11.7 Å². The third-order valence-corrected chi connectivity index (χ3v) is 5.30. The minimum absolute atomic E-state index is 0.0190. The number of ketones is 1. The summed E-state index contributed by atoms with van der Waals surface area (Å²) >= 11 is 6.30. The molecule has 1 saturated heterocycles. The van der Waals surface area contributed by atoms with Crippen molar-refractivity contribution in [2.45, 2.75) is 19.4 Å². The summed E-state index contributed by atoms with van der Waals surface area (Å²) in [4.78, 5) is 27.3. The molecule has 0 aromatic heterocycles. The summed E-state index contributed by atoms with van der Waals surface area (Å²) < 4.78 is 10.8. The van der Waals surface area contributed by atoms with Crippen LogP contribution in [0.5, 0.6) is 11.5 Å². The number of carbonyl (C=O) groups excluding carboxylic acids is 2. The van der Waals surface area contributed by atoms with E-state index >= 15 is 0 Å². The Hall–Kier alpha value is -3.25. The van der Waals surface area contributed by atoms with Crippen LogP contribution in [0.1, 0.15) is 30.5 Å². The number of aliphatic hydroxyl groups excluding tert-OH is 1. The highest BCUT2D eigenvalue weighted by atomic mass is 35.5. The second-order valence-corrected chi connectivity index (χ2v) is 7.42. The fraction of sp³-hybridized carbons (Fsp3) is 0.250. The van der Waals surface area contributed by atoms with E-state index in [0.29, 0.717) is 36.6 Å². The molecule has 0 saturated carbocycles. The number of methoxy groups -OCH3 is 1. The predicted molar refractivity (Wildman–Crippen MR) is 119 cm³/mol. The molecule has 1 unspecified atom stereocenters. The van der Waals surface area contributed by atoms with Crippen LogP contribution in [0.15, 0.2) is 60.7 Å². The fourth-order valence-corrected chi connectivity index (χ4v) is 3.79. The van der Waals surface area contributed by atoms with Gasteiger partial charge in [-0.2, -0.15) is 0 Å². The topological polar surface area (TPSA) is 76.1 Å². The van der Waals surface area contributed by atoms with Gasteiger partial charge in [-0.1, -0.05) is 43.3 Å². The lowest BCUT2D eigenvalue weighted by Crippen LogP contribution is -2.30. The SMILES string of the molecule is C=CCOc1cccc(C2/C(=C(\O)c3cc(OC)ccc3Cl)C(=O)C(=O)N2CCC)c1. The van der Waals surface area contributed by atoms with E-state index in [1.165, 1.54) is 18.1 Å². The number of hydrogen-bond acceptors (Lipinski definition) is 5.